The van der Waals surface area contributed by atoms with Gasteiger partial charge in [0.1, 0.15) is 0 Å². The summed E-state index contributed by atoms with van der Waals surface area (Å²) in [6, 6.07) is 0.799. The minimum Gasteiger partial charge on any atom is -0.317 e. The summed E-state index contributed by atoms with van der Waals surface area (Å²) in [7, 11) is 4.42. The fourth-order valence-corrected chi connectivity index (χ4v) is 2.97. The summed E-state index contributed by atoms with van der Waals surface area (Å²) >= 11 is 0. The third kappa shape index (κ3) is 3.44. The molecule has 94 valence electrons. The molecule has 2 rings (SSSR count). The quantitative estimate of drug-likeness (QED) is 0.770. The largest absolute Gasteiger partial charge is 0.317 e. The topological polar surface area (TPSA) is 18.5 Å². The highest BCUT2D eigenvalue weighted by atomic mass is 15.2. The molecule has 0 amide bonds. The van der Waals surface area contributed by atoms with Gasteiger partial charge in [0, 0.05) is 12.6 Å². The maximum atomic E-state index is 3.44. The molecule has 16 heavy (non-hydrogen) atoms. The first-order chi connectivity index (χ1) is 7.75. The second kappa shape index (κ2) is 5.99. The van der Waals surface area contributed by atoms with Gasteiger partial charge in [0.15, 0.2) is 0 Å². The first kappa shape index (κ1) is 12.3. The van der Waals surface area contributed by atoms with Crippen LogP contribution in [0.4, 0.5) is 0 Å². The molecule has 0 bridgehead atoms. The van der Waals surface area contributed by atoms with E-state index in [9.17, 15) is 0 Å². The number of hydrogen-bond donors (Lipinski definition) is 1. The summed E-state index contributed by atoms with van der Waals surface area (Å²) in [4.78, 5) is 5.04. The van der Waals surface area contributed by atoms with Crippen LogP contribution in [-0.4, -0.2) is 62.7 Å². The van der Waals surface area contributed by atoms with E-state index in [1.165, 1.54) is 58.4 Å². The van der Waals surface area contributed by atoms with Crippen LogP contribution < -0.4 is 5.32 Å². The molecule has 0 aromatic rings. The van der Waals surface area contributed by atoms with E-state index >= 15 is 0 Å². The number of likely N-dealkylation sites (tertiary alicyclic amines) is 1. The number of likely N-dealkylation sites (N-methyl/N-ethyl adjacent to an activating group) is 1. The van der Waals surface area contributed by atoms with Crippen molar-refractivity contribution in [3.8, 4) is 0 Å². The van der Waals surface area contributed by atoms with Crippen LogP contribution in [0.15, 0.2) is 0 Å². The monoisotopic (exact) mass is 225 g/mol. The second-order valence-electron chi connectivity index (χ2n) is 5.69. The van der Waals surface area contributed by atoms with Gasteiger partial charge in [-0.25, -0.2) is 0 Å². The highest BCUT2D eigenvalue weighted by Crippen LogP contribution is 2.19. The molecule has 0 saturated carbocycles. The lowest BCUT2D eigenvalue weighted by Crippen LogP contribution is -2.33. The zero-order valence-electron chi connectivity index (χ0n) is 10.9. The predicted octanol–water partition coefficient (Wildman–Crippen LogP) is 1.01. The molecule has 2 fully saturated rings. The van der Waals surface area contributed by atoms with Crippen molar-refractivity contribution in [2.24, 2.45) is 5.92 Å². The lowest BCUT2D eigenvalue weighted by Gasteiger charge is -2.25. The van der Waals surface area contributed by atoms with Crippen molar-refractivity contribution in [2.75, 3.05) is 46.8 Å². The summed E-state index contributed by atoms with van der Waals surface area (Å²) in [5.74, 6) is 0.986. The van der Waals surface area contributed by atoms with Crippen LogP contribution in [0.2, 0.25) is 0 Å². The molecule has 3 heteroatoms. The molecule has 0 radical (unpaired) electrons. The Hall–Kier alpha value is -0.120. The van der Waals surface area contributed by atoms with Crippen LogP contribution >= 0.6 is 0 Å². The van der Waals surface area contributed by atoms with Crippen LogP contribution in [0.1, 0.15) is 25.7 Å². The molecule has 2 aliphatic heterocycles. The molecule has 1 unspecified atom stereocenters. The molecule has 0 aromatic carbocycles. The van der Waals surface area contributed by atoms with Crippen molar-refractivity contribution < 1.29 is 0 Å². The Bertz CT molecular complexity index is 199. The fourth-order valence-electron chi connectivity index (χ4n) is 2.97. The lowest BCUT2D eigenvalue weighted by atomic mass is 9.94. The smallest absolute Gasteiger partial charge is 0.0229 e. The molecule has 0 spiro atoms. The lowest BCUT2D eigenvalue weighted by molar-refractivity contribution is 0.244. The Morgan fingerprint density at radius 1 is 1.19 bits per heavy atom. The van der Waals surface area contributed by atoms with E-state index in [4.69, 9.17) is 0 Å². The van der Waals surface area contributed by atoms with Gasteiger partial charge in [0.05, 0.1) is 0 Å². The van der Waals surface area contributed by atoms with Crippen LogP contribution in [0, 0.1) is 5.92 Å². The Labute approximate surface area is 100 Å². The molecule has 2 saturated heterocycles. The normalized spacial score (nSPS) is 29.1. The standard InChI is InChI=1S/C13H27N3/c1-15(2)13-6-10-16(11-13)9-5-12-3-7-14-8-4-12/h12-14H,3-11H2,1-2H3. The summed E-state index contributed by atoms with van der Waals surface area (Å²) in [6.07, 6.45) is 5.57. The van der Waals surface area contributed by atoms with Crippen LogP contribution in [0.5, 0.6) is 0 Å². The first-order valence-electron chi connectivity index (χ1n) is 6.85. The zero-order valence-corrected chi connectivity index (χ0v) is 10.9. The number of rotatable bonds is 4. The van der Waals surface area contributed by atoms with Crippen molar-refractivity contribution in [2.45, 2.75) is 31.7 Å². The zero-order chi connectivity index (χ0) is 11.4. The summed E-state index contributed by atoms with van der Waals surface area (Å²) in [5.41, 5.74) is 0. The van der Waals surface area contributed by atoms with E-state index in [2.05, 4.69) is 29.2 Å². The average molecular weight is 225 g/mol. The van der Waals surface area contributed by atoms with Gasteiger partial charge in [0.25, 0.3) is 0 Å². The molecule has 2 aliphatic rings. The van der Waals surface area contributed by atoms with Gasteiger partial charge >= 0.3 is 0 Å². The first-order valence-corrected chi connectivity index (χ1v) is 6.85. The van der Waals surface area contributed by atoms with Crippen molar-refractivity contribution in [1.82, 2.24) is 15.1 Å². The Kier molecular flexibility index (Phi) is 4.62. The third-order valence-electron chi connectivity index (χ3n) is 4.29. The van der Waals surface area contributed by atoms with E-state index in [1.54, 1.807) is 0 Å². The molecular formula is C13H27N3. The number of nitrogens with zero attached hydrogens (tertiary/aromatic N) is 2. The van der Waals surface area contributed by atoms with Crippen molar-refractivity contribution >= 4 is 0 Å². The Balaban J connectivity index is 1.63. The SMILES string of the molecule is CN(C)C1CCN(CCC2CCNCC2)C1. The Morgan fingerprint density at radius 3 is 2.56 bits per heavy atom. The highest BCUT2D eigenvalue weighted by molar-refractivity contribution is 4.81. The maximum absolute atomic E-state index is 3.44. The van der Waals surface area contributed by atoms with Crippen LogP contribution in [0.3, 0.4) is 0 Å². The predicted molar refractivity (Wildman–Crippen MR) is 68.7 cm³/mol. The van der Waals surface area contributed by atoms with Gasteiger partial charge in [-0.15, -0.1) is 0 Å². The third-order valence-corrected chi connectivity index (χ3v) is 4.29. The van der Waals surface area contributed by atoms with Gasteiger partial charge in [0.2, 0.25) is 0 Å². The highest BCUT2D eigenvalue weighted by Gasteiger charge is 2.24. The minimum absolute atomic E-state index is 0.799. The van der Waals surface area contributed by atoms with Crippen molar-refractivity contribution in [1.29, 1.82) is 0 Å². The molecule has 1 N–H and O–H groups in total. The molecule has 1 atom stereocenters. The number of nitrogens with one attached hydrogen (secondary N) is 1. The summed E-state index contributed by atoms with van der Waals surface area (Å²) < 4.78 is 0. The molecular weight excluding hydrogens is 198 g/mol. The van der Waals surface area contributed by atoms with Gasteiger partial charge in [-0.3, -0.25) is 0 Å². The second-order valence-corrected chi connectivity index (χ2v) is 5.69. The fraction of sp³-hybridized carbons (Fsp3) is 1.00. The number of piperidine rings is 1. The van der Waals surface area contributed by atoms with Crippen LogP contribution in [0.25, 0.3) is 0 Å². The molecule has 0 aromatic heterocycles. The number of hydrogen-bond acceptors (Lipinski definition) is 3. The maximum Gasteiger partial charge on any atom is 0.0229 e. The Morgan fingerprint density at radius 2 is 1.94 bits per heavy atom. The van der Waals surface area contributed by atoms with Gasteiger partial charge in [-0.2, -0.15) is 0 Å². The van der Waals surface area contributed by atoms with E-state index in [0.717, 1.165) is 12.0 Å². The van der Waals surface area contributed by atoms with E-state index in [1.807, 2.05) is 0 Å². The van der Waals surface area contributed by atoms with E-state index < -0.39 is 0 Å². The van der Waals surface area contributed by atoms with Crippen molar-refractivity contribution in [3.05, 3.63) is 0 Å². The minimum atomic E-state index is 0.799. The van der Waals surface area contributed by atoms with Gasteiger partial charge in [-0.05, 0) is 71.9 Å². The summed E-state index contributed by atoms with van der Waals surface area (Å²) in [6.45, 7) is 6.41. The van der Waals surface area contributed by atoms with E-state index in [0.29, 0.717) is 0 Å². The summed E-state index contributed by atoms with van der Waals surface area (Å²) in [5, 5.41) is 3.44. The van der Waals surface area contributed by atoms with Gasteiger partial charge < -0.3 is 15.1 Å². The van der Waals surface area contributed by atoms with Crippen LogP contribution in [-0.2, 0) is 0 Å². The van der Waals surface area contributed by atoms with Gasteiger partial charge in [-0.1, -0.05) is 0 Å². The average Bonchev–Trinajstić information content (AvgIpc) is 2.76. The molecule has 0 aliphatic carbocycles. The molecule has 2 heterocycles. The van der Waals surface area contributed by atoms with E-state index in [-0.39, 0.29) is 0 Å². The van der Waals surface area contributed by atoms with Crippen molar-refractivity contribution in [3.63, 3.8) is 0 Å². The molecule has 3 nitrogen and oxygen atoms in total.